The summed E-state index contributed by atoms with van der Waals surface area (Å²) in [5.41, 5.74) is 1.05. The van der Waals surface area contributed by atoms with E-state index in [-0.39, 0.29) is 5.56 Å². The first-order chi connectivity index (χ1) is 8.97. The maximum Gasteiger partial charge on any atom is 0.339 e. The topological polar surface area (TPSA) is 46.5 Å². The van der Waals surface area contributed by atoms with Crippen LogP contribution in [0.25, 0.3) is 0 Å². The molecule has 0 spiro atoms. The van der Waals surface area contributed by atoms with Crippen molar-refractivity contribution < 1.29 is 14.6 Å². The highest BCUT2D eigenvalue weighted by atomic mass is 79.9. The molecule has 0 amide bonds. The van der Waals surface area contributed by atoms with Crippen molar-refractivity contribution in [3.8, 4) is 11.5 Å². The number of hydrogen-bond donors (Lipinski definition) is 1. The van der Waals surface area contributed by atoms with Crippen LogP contribution in [0.1, 0.15) is 15.9 Å². The van der Waals surface area contributed by atoms with E-state index < -0.39 is 5.97 Å². The van der Waals surface area contributed by atoms with E-state index in [1.165, 1.54) is 6.07 Å². The summed E-state index contributed by atoms with van der Waals surface area (Å²) >= 11 is 6.61. The van der Waals surface area contributed by atoms with E-state index in [9.17, 15) is 9.90 Å². The van der Waals surface area contributed by atoms with Gasteiger partial charge in [0.2, 0.25) is 0 Å². The lowest BCUT2D eigenvalue weighted by atomic mass is 10.2. The van der Waals surface area contributed by atoms with Gasteiger partial charge in [0, 0.05) is 8.95 Å². The number of benzene rings is 2. The van der Waals surface area contributed by atoms with Crippen molar-refractivity contribution in [2.75, 3.05) is 0 Å². The fraction of sp³-hybridized carbons (Fsp3) is 0.0714. The summed E-state index contributed by atoms with van der Waals surface area (Å²) < 4.78 is 7.28. The van der Waals surface area contributed by atoms with Crippen LogP contribution in [0.5, 0.6) is 11.5 Å². The normalized spacial score (nSPS) is 10.3. The molecule has 0 aliphatic carbocycles. The molecule has 0 saturated carbocycles. The Labute approximate surface area is 127 Å². The second-order valence-electron chi connectivity index (χ2n) is 3.96. The van der Waals surface area contributed by atoms with E-state index in [0.717, 1.165) is 10.0 Å². The Kier molecular flexibility index (Phi) is 4.27. The average molecular weight is 386 g/mol. The number of carboxylic acids is 1. The Morgan fingerprint density at radius 1 is 1.05 bits per heavy atom. The predicted molar refractivity (Wildman–Crippen MR) is 80.1 cm³/mol. The molecule has 19 heavy (non-hydrogen) atoms. The third-order valence-corrected chi connectivity index (χ3v) is 3.53. The standard InChI is InChI=1S/C14H10Br2O3/c1-8-2-3-10(16)7-13(8)19-12-5-4-9(15)6-11(12)14(17)18/h2-7H,1H3,(H,17,18). The van der Waals surface area contributed by atoms with Gasteiger partial charge in [-0.1, -0.05) is 37.9 Å². The van der Waals surface area contributed by atoms with Crippen LogP contribution in [0.2, 0.25) is 0 Å². The van der Waals surface area contributed by atoms with Crippen LogP contribution in [-0.2, 0) is 0 Å². The van der Waals surface area contributed by atoms with Gasteiger partial charge < -0.3 is 9.84 Å². The summed E-state index contributed by atoms with van der Waals surface area (Å²) in [4.78, 5) is 11.2. The molecular weight excluding hydrogens is 376 g/mol. The van der Waals surface area contributed by atoms with Gasteiger partial charge in [-0.3, -0.25) is 0 Å². The van der Waals surface area contributed by atoms with E-state index in [2.05, 4.69) is 31.9 Å². The molecule has 0 atom stereocenters. The lowest BCUT2D eigenvalue weighted by Crippen LogP contribution is -2.00. The minimum atomic E-state index is -1.02. The van der Waals surface area contributed by atoms with Gasteiger partial charge in [-0.25, -0.2) is 4.79 Å². The van der Waals surface area contributed by atoms with Gasteiger partial charge in [0.1, 0.15) is 17.1 Å². The molecule has 5 heteroatoms. The van der Waals surface area contributed by atoms with E-state index in [0.29, 0.717) is 16.0 Å². The van der Waals surface area contributed by atoms with Gasteiger partial charge in [0.25, 0.3) is 0 Å². The Morgan fingerprint density at radius 3 is 2.37 bits per heavy atom. The van der Waals surface area contributed by atoms with Crippen LogP contribution in [0.4, 0.5) is 0 Å². The molecule has 0 saturated heterocycles. The molecule has 0 heterocycles. The Balaban J connectivity index is 2.43. The highest BCUT2D eigenvalue weighted by Gasteiger charge is 2.13. The Bertz CT molecular complexity index is 639. The van der Waals surface area contributed by atoms with Crippen LogP contribution >= 0.6 is 31.9 Å². The van der Waals surface area contributed by atoms with Gasteiger partial charge in [0.05, 0.1) is 0 Å². The number of carboxylic acid groups (broad SMARTS) is 1. The van der Waals surface area contributed by atoms with Gasteiger partial charge in [0.15, 0.2) is 0 Å². The smallest absolute Gasteiger partial charge is 0.339 e. The first-order valence-corrected chi connectivity index (χ1v) is 7.03. The van der Waals surface area contributed by atoms with Crippen molar-refractivity contribution >= 4 is 37.8 Å². The Morgan fingerprint density at radius 2 is 1.68 bits per heavy atom. The highest BCUT2D eigenvalue weighted by molar-refractivity contribution is 9.10. The molecule has 0 fully saturated rings. The minimum absolute atomic E-state index is 0.119. The SMILES string of the molecule is Cc1ccc(Br)cc1Oc1ccc(Br)cc1C(=O)O. The molecule has 98 valence electrons. The van der Waals surface area contributed by atoms with Crippen LogP contribution in [-0.4, -0.2) is 11.1 Å². The number of hydrogen-bond acceptors (Lipinski definition) is 2. The first-order valence-electron chi connectivity index (χ1n) is 5.44. The molecule has 1 N–H and O–H groups in total. The second kappa shape index (κ2) is 5.75. The fourth-order valence-corrected chi connectivity index (χ4v) is 2.26. The summed E-state index contributed by atoms with van der Waals surface area (Å²) in [5, 5.41) is 9.18. The zero-order valence-electron chi connectivity index (χ0n) is 9.98. The number of aryl methyl sites for hydroxylation is 1. The number of rotatable bonds is 3. The van der Waals surface area contributed by atoms with Crippen molar-refractivity contribution in [1.82, 2.24) is 0 Å². The monoisotopic (exact) mass is 384 g/mol. The zero-order chi connectivity index (χ0) is 14.0. The summed E-state index contributed by atoms with van der Waals surface area (Å²) in [5.74, 6) is -0.0833. The predicted octanol–water partition coefficient (Wildman–Crippen LogP) is 5.01. The van der Waals surface area contributed by atoms with Crippen molar-refractivity contribution in [1.29, 1.82) is 0 Å². The fourth-order valence-electron chi connectivity index (χ4n) is 1.56. The molecule has 2 rings (SSSR count). The van der Waals surface area contributed by atoms with Gasteiger partial charge in [-0.05, 0) is 42.8 Å². The van der Waals surface area contributed by atoms with E-state index >= 15 is 0 Å². The lowest BCUT2D eigenvalue weighted by molar-refractivity contribution is 0.0694. The van der Waals surface area contributed by atoms with Crippen molar-refractivity contribution in [2.24, 2.45) is 0 Å². The van der Waals surface area contributed by atoms with Crippen LogP contribution < -0.4 is 4.74 Å². The van der Waals surface area contributed by atoms with E-state index in [1.807, 2.05) is 25.1 Å². The summed E-state index contributed by atoms with van der Waals surface area (Å²) in [6, 6.07) is 10.5. The third kappa shape index (κ3) is 3.36. The Hall–Kier alpha value is -1.33. The molecule has 0 bridgehead atoms. The van der Waals surface area contributed by atoms with Crippen molar-refractivity contribution in [3.63, 3.8) is 0 Å². The number of aromatic carboxylic acids is 1. The van der Waals surface area contributed by atoms with Crippen LogP contribution in [0.3, 0.4) is 0 Å². The summed E-state index contributed by atoms with van der Waals surface area (Å²) in [7, 11) is 0. The molecule has 0 aromatic heterocycles. The molecular formula is C14H10Br2O3. The number of halogens is 2. The summed E-state index contributed by atoms with van der Waals surface area (Å²) in [6.07, 6.45) is 0. The van der Waals surface area contributed by atoms with Gasteiger partial charge >= 0.3 is 5.97 Å². The molecule has 3 nitrogen and oxygen atoms in total. The van der Waals surface area contributed by atoms with Gasteiger partial charge in [-0.15, -0.1) is 0 Å². The van der Waals surface area contributed by atoms with Crippen molar-refractivity contribution in [3.05, 3.63) is 56.5 Å². The lowest BCUT2D eigenvalue weighted by Gasteiger charge is -2.11. The van der Waals surface area contributed by atoms with Gasteiger partial charge in [-0.2, -0.15) is 0 Å². The largest absolute Gasteiger partial charge is 0.478 e. The zero-order valence-corrected chi connectivity index (χ0v) is 13.2. The van der Waals surface area contributed by atoms with E-state index in [4.69, 9.17) is 4.74 Å². The number of carbonyl (C=O) groups is 1. The average Bonchev–Trinajstić information content (AvgIpc) is 2.35. The molecule has 0 unspecified atom stereocenters. The quantitative estimate of drug-likeness (QED) is 0.807. The number of ether oxygens (including phenoxy) is 1. The maximum absolute atomic E-state index is 11.2. The third-order valence-electron chi connectivity index (χ3n) is 2.54. The van der Waals surface area contributed by atoms with Crippen LogP contribution in [0, 0.1) is 6.92 Å². The molecule has 0 radical (unpaired) electrons. The van der Waals surface area contributed by atoms with Crippen molar-refractivity contribution in [2.45, 2.75) is 6.92 Å². The maximum atomic E-state index is 11.2. The second-order valence-corrected chi connectivity index (χ2v) is 5.79. The highest BCUT2D eigenvalue weighted by Crippen LogP contribution is 2.31. The summed E-state index contributed by atoms with van der Waals surface area (Å²) in [6.45, 7) is 1.90. The van der Waals surface area contributed by atoms with Crippen LogP contribution in [0.15, 0.2) is 45.3 Å². The molecule has 2 aromatic rings. The van der Waals surface area contributed by atoms with E-state index in [1.54, 1.807) is 12.1 Å². The molecule has 0 aliphatic rings. The first kappa shape index (κ1) is 14.1. The minimum Gasteiger partial charge on any atom is -0.478 e. The molecule has 2 aromatic carbocycles. The molecule has 0 aliphatic heterocycles.